The first-order valence-corrected chi connectivity index (χ1v) is 4.26. The second-order valence-electron chi connectivity index (χ2n) is 3.24. The quantitative estimate of drug-likeness (QED) is 0.796. The Morgan fingerprint density at radius 3 is 2.54 bits per heavy atom. The molecule has 1 aromatic rings. The van der Waals surface area contributed by atoms with Crippen LogP contribution in [0.4, 0.5) is 0 Å². The monoisotopic (exact) mass is 201 g/mol. The highest BCUT2D eigenvalue weighted by molar-refractivity contribution is 6.31. The SMILES string of the molecule is COc1ccc(Cl)c(C(C)(C)O)n1. The second kappa shape index (κ2) is 3.52. The molecule has 0 aromatic carbocycles. The van der Waals surface area contributed by atoms with E-state index in [2.05, 4.69) is 4.98 Å². The maximum atomic E-state index is 9.69. The van der Waals surface area contributed by atoms with Gasteiger partial charge in [-0.15, -0.1) is 0 Å². The molecule has 1 heterocycles. The Balaban J connectivity index is 3.19. The first-order chi connectivity index (χ1) is 5.95. The van der Waals surface area contributed by atoms with Crippen molar-refractivity contribution >= 4 is 11.6 Å². The molecule has 1 rings (SSSR count). The number of rotatable bonds is 2. The summed E-state index contributed by atoms with van der Waals surface area (Å²) in [5.74, 6) is 0.446. The normalized spacial score (nSPS) is 11.5. The zero-order valence-electron chi connectivity index (χ0n) is 7.84. The van der Waals surface area contributed by atoms with Gasteiger partial charge in [-0.1, -0.05) is 11.6 Å². The third kappa shape index (κ3) is 2.32. The predicted octanol–water partition coefficient (Wildman–Crippen LogP) is 1.97. The highest BCUT2D eigenvalue weighted by Crippen LogP contribution is 2.27. The fraction of sp³-hybridized carbons (Fsp3) is 0.444. The van der Waals surface area contributed by atoms with E-state index >= 15 is 0 Å². The van der Waals surface area contributed by atoms with Gasteiger partial charge in [-0.25, -0.2) is 4.98 Å². The Morgan fingerprint density at radius 1 is 1.46 bits per heavy atom. The topological polar surface area (TPSA) is 42.4 Å². The van der Waals surface area contributed by atoms with Crippen LogP contribution in [0.2, 0.25) is 5.02 Å². The van der Waals surface area contributed by atoms with Crippen LogP contribution in [0.1, 0.15) is 19.5 Å². The molecule has 72 valence electrons. The molecule has 0 aliphatic rings. The lowest BCUT2D eigenvalue weighted by molar-refractivity contribution is 0.0733. The van der Waals surface area contributed by atoms with E-state index in [1.165, 1.54) is 7.11 Å². The summed E-state index contributed by atoms with van der Waals surface area (Å²) in [7, 11) is 1.52. The number of nitrogens with zero attached hydrogens (tertiary/aromatic N) is 1. The molecule has 0 amide bonds. The number of aromatic nitrogens is 1. The highest BCUT2D eigenvalue weighted by Gasteiger charge is 2.21. The fourth-order valence-corrected chi connectivity index (χ4v) is 1.30. The van der Waals surface area contributed by atoms with Crippen LogP contribution in [-0.2, 0) is 5.60 Å². The lowest BCUT2D eigenvalue weighted by atomic mass is 10.1. The summed E-state index contributed by atoms with van der Waals surface area (Å²) in [6, 6.07) is 3.30. The van der Waals surface area contributed by atoms with Crippen molar-refractivity contribution in [3.05, 3.63) is 22.8 Å². The first kappa shape index (κ1) is 10.3. The molecule has 0 saturated carbocycles. The average Bonchev–Trinajstić information content (AvgIpc) is 2.03. The van der Waals surface area contributed by atoms with Crippen molar-refractivity contribution in [2.75, 3.05) is 7.11 Å². The molecule has 0 spiro atoms. The van der Waals surface area contributed by atoms with Crippen LogP contribution in [0.3, 0.4) is 0 Å². The summed E-state index contributed by atoms with van der Waals surface area (Å²) >= 11 is 5.86. The van der Waals surface area contributed by atoms with Gasteiger partial charge in [0, 0.05) is 6.07 Å². The molecule has 3 nitrogen and oxygen atoms in total. The van der Waals surface area contributed by atoms with Gasteiger partial charge in [0.1, 0.15) is 5.60 Å². The van der Waals surface area contributed by atoms with Crippen molar-refractivity contribution in [1.82, 2.24) is 4.98 Å². The molecule has 0 bridgehead atoms. The third-order valence-electron chi connectivity index (χ3n) is 1.61. The molecule has 0 unspecified atom stereocenters. The van der Waals surface area contributed by atoms with E-state index in [4.69, 9.17) is 16.3 Å². The summed E-state index contributed by atoms with van der Waals surface area (Å²) in [5.41, 5.74) is -0.625. The maximum absolute atomic E-state index is 9.69. The van der Waals surface area contributed by atoms with Gasteiger partial charge in [0.2, 0.25) is 5.88 Å². The Bertz CT molecular complexity index is 307. The van der Waals surface area contributed by atoms with E-state index < -0.39 is 5.60 Å². The third-order valence-corrected chi connectivity index (χ3v) is 1.91. The van der Waals surface area contributed by atoms with Gasteiger partial charge in [0.15, 0.2) is 0 Å². The van der Waals surface area contributed by atoms with Crippen molar-refractivity contribution in [2.45, 2.75) is 19.4 Å². The van der Waals surface area contributed by atoms with Crippen molar-refractivity contribution in [3.63, 3.8) is 0 Å². The zero-order chi connectivity index (χ0) is 10.1. The molecule has 0 aliphatic carbocycles. The lowest BCUT2D eigenvalue weighted by Gasteiger charge is -2.18. The first-order valence-electron chi connectivity index (χ1n) is 3.88. The lowest BCUT2D eigenvalue weighted by Crippen LogP contribution is -2.18. The molecule has 0 atom stereocenters. The number of hydrogen-bond acceptors (Lipinski definition) is 3. The minimum absolute atomic E-state index is 0.425. The van der Waals surface area contributed by atoms with Crippen molar-refractivity contribution < 1.29 is 9.84 Å². The summed E-state index contributed by atoms with van der Waals surface area (Å²) in [6.45, 7) is 3.25. The van der Waals surface area contributed by atoms with E-state index in [-0.39, 0.29) is 0 Å². The van der Waals surface area contributed by atoms with Crippen LogP contribution < -0.4 is 4.74 Å². The Kier molecular flexibility index (Phi) is 2.78. The molecular weight excluding hydrogens is 190 g/mol. The number of halogens is 1. The van der Waals surface area contributed by atoms with E-state index in [1.807, 2.05) is 0 Å². The van der Waals surface area contributed by atoms with Gasteiger partial charge in [-0.2, -0.15) is 0 Å². The van der Waals surface area contributed by atoms with Crippen molar-refractivity contribution in [1.29, 1.82) is 0 Å². The summed E-state index contributed by atoms with van der Waals surface area (Å²) < 4.78 is 4.92. The molecule has 13 heavy (non-hydrogen) atoms. The smallest absolute Gasteiger partial charge is 0.213 e. The van der Waals surface area contributed by atoms with Crippen molar-refractivity contribution in [3.8, 4) is 5.88 Å². The van der Waals surface area contributed by atoms with Crippen LogP contribution in [-0.4, -0.2) is 17.2 Å². The number of methoxy groups -OCH3 is 1. The van der Waals surface area contributed by atoms with Gasteiger partial charge in [-0.05, 0) is 19.9 Å². The molecule has 1 N–H and O–H groups in total. The molecule has 0 radical (unpaired) electrons. The van der Waals surface area contributed by atoms with Crippen LogP contribution in [0, 0.1) is 0 Å². The molecule has 0 aliphatic heterocycles. The zero-order valence-corrected chi connectivity index (χ0v) is 8.59. The molecular formula is C9H12ClNO2. The average molecular weight is 202 g/mol. The Labute approximate surface area is 82.3 Å². The van der Waals surface area contributed by atoms with E-state index in [0.29, 0.717) is 16.6 Å². The van der Waals surface area contributed by atoms with Crippen molar-refractivity contribution in [2.24, 2.45) is 0 Å². The highest BCUT2D eigenvalue weighted by atomic mass is 35.5. The van der Waals surface area contributed by atoms with E-state index in [1.54, 1.807) is 26.0 Å². The van der Waals surface area contributed by atoms with Gasteiger partial charge in [-0.3, -0.25) is 0 Å². The van der Waals surface area contributed by atoms with Crippen LogP contribution in [0.5, 0.6) is 5.88 Å². The van der Waals surface area contributed by atoms with Gasteiger partial charge >= 0.3 is 0 Å². The number of ether oxygens (including phenoxy) is 1. The number of aliphatic hydroxyl groups is 1. The van der Waals surface area contributed by atoms with Gasteiger partial charge in [0.05, 0.1) is 17.8 Å². The van der Waals surface area contributed by atoms with Gasteiger partial charge < -0.3 is 9.84 Å². The summed E-state index contributed by atoms with van der Waals surface area (Å²) in [4.78, 5) is 4.06. The molecule has 4 heteroatoms. The molecule has 0 saturated heterocycles. The van der Waals surface area contributed by atoms with Crippen LogP contribution in [0.25, 0.3) is 0 Å². The second-order valence-corrected chi connectivity index (χ2v) is 3.65. The maximum Gasteiger partial charge on any atom is 0.213 e. The Morgan fingerprint density at radius 2 is 2.08 bits per heavy atom. The van der Waals surface area contributed by atoms with E-state index in [0.717, 1.165) is 0 Å². The largest absolute Gasteiger partial charge is 0.481 e. The number of hydrogen-bond donors (Lipinski definition) is 1. The minimum Gasteiger partial charge on any atom is -0.481 e. The minimum atomic E-state index is -1.05. The van der Waals surface area contributed by atoms with Gasteiger partial charge in [0.25, 0.3) is 0 Å². The number of pyridine rings is 1. The fourth-order valence-electron chi connectivity index (χ4n) is 0.967. The van der Waals surface area contributed by atoms with Crippen LogP contribution in [0.15, 0.2) is 12.1 Å². The molecule has 1 aromatic heterocycles. The summed E-state index contributed by atoms with van der Waals surface area (Å²) in [5, 5.41) is 10.1. The van der Waals surface area contributed by atoms with Crippen LogP contribution >= 0.6 is 11.6 Å². The van der Waals surface area contributed by atoms with E-state index in [9.17, 15) is 5.11 Å². The molecule has 0 fully saturated rings. The standard InChI is InChI=1S/C9H12ClNO2/c1-9(2,12)8-6(10)4-5-7(11-8)13-3/h4-5,12H,1-3H3. The Hall–Kier alpha value is -0.800. The summed E-state index contributed by atoms with van der Waals surface area (Å²) in [6.07, 6.45) is 0. The predicted molar refractivity (Wildman–Crippen MR) is 51.0 cm³/mol.